The van der Waals surface area contributed by atoms with Crippen molar-refractivity contribution in [1.82, 2.24) is 0 Å². The largest absolute Gasteiger partial charge is 0.434 e. The van der Waals surface area contributed by atoms with Crippen LogP contribution < -0.4 is 4.74 Å². The Morgan fingerprint density at radius 1 is 1.38 bits per heavy atom. The van der Waals surface area contributed by atoms with Gasteiger partial charge in [-0.2, -0.15) is 8.78 Å². The Hall–Kier alpha value is -1.16. The van der Waals surface area contributed by atoms with Gasteiger partial charge in [-0.25, -0.2) is 0 Å². The molecule has 0 bridgehead atoms. The molecule has 0 spiro atoms. The molecule has 0 amide bonds. The number of hydrogen-bond donors (Lipinski definition) is 0. The quantitative estimate of drug-likeness (QED) is 0.676. The first-order valence-electron chi connectivity index (χ1n) is 3.92. The average Bonchev–Trinajstić information content (AvgIpc) is 2.87. The fourth-order valence-corrected chi connectivity index (χ4v) is 1.18. The third-order valence-electron chi connectivity index (χ3n) is 1.82. The molecule has 1 aliphatic rings. The summed E-state index contributed by atoms with van der Waals surface area (Å²) in [4.78, 5) is 0. The van der Waals surface area contributed by atoms with E-state index in [-0.39, 0.29) is 11.9 Å². The summed E-state index contributed by atoms with van der Waals surface area (Å²) in [5.74, 6) is 0.208. The average molecular weight is 186 g/mol. The van der Waals surface area contributed by atoms with Crippen molar-refractivity contribution in [1.29, 1.82) is 0 Å². The summed E-state index contributed by atoms with van der Waals surface area (Å²) in [6.07, 6.45) is -0.0602. The molecule has 1 atom stereocenters. The molecule has 2 nitrogen and oxygen atoms in total. The lowest BCUT2D eigenvalue weighted by atomic mass is 10.1. The molecule has 2 rings (SSSR count). The Morgan fingerprint density at radius 3 is 2.69 bits per heavy atom. The predicted molar refractivity (Wildman–Crippen MR) is 41.8 cm³/mol. The SMILES string of the molecule is FC(F)Oc1ccccc1C1CO1. The van der Waals surface area contributed by atoms with Gasteiger partial charge < -0.3 is 9.47 Å². The molecule has 1 saturated heterocycles. The van der Waals surface area contributed by atoms with Gasteiger partial charge in [-0.3, -0.25) is 0 Å². The number of halogens is 2. The van der Waals surface area contributed by atoms with Crippen LogP contribution in [0, 0.1) is 0 Å². The highest BCUT2D eigenvalue weighted by Gasteiger charge is 2.28. The molecular formula is C9H8F2O2. The first kappa shape index (κ1) is 8.44. The molecule has 1 aromatic carbocycles. The highest BCUT2D eigenvalue weighted by molar-refractivity contribution is 5.36. The zero-order chi connectivity index (χ0) is 9.26. The van der Waals surface area contributed by atoms with Gasteiger partial charge in [-0.05, 0) is 6.07 Å². The second kappa shape index (κ2) is 3.30. The zero-order valence-corrected chi connectivity index (χ0v) is 6.74. The molecule has 1 heterocycles. The summed E-state index contributed by atoms with van der Waals surface area (Å²) >= 11 is 0. The molecule has 1 aromatic rings. The van der Waals surface area contributed by atoms with Gasteiger partial charge in [-0.15, -0.1) is 0 Å². The van der Waals surface area contributed by atoms with E-state index < -0.39 is 6.61 Å². The number of para-hydroxylation sites is 1. The van der Waals surface area contributed by atoms with Crippen LogP contribution in [0.5, 0.6) is 5.75 Å². The minimum absolute atomic E-state index is 0.0602. The Morgan fingerprint density at radius 2 is 2.08 bits per heavy atom. The van der Waals surface area contributed by atoms with Crippen LogP contribution in [0.4, 0.5) is 8.78 Å². The van der Waals surface area contributed by atoms with Crippen LogP contribution in [0.3, 0.4) is 0 Å². The summed E-state index contributed by atoms with van der Waals surface area (Å²) < 4.78 is 33.2. The molecule has 13 heavy (non-hydrogen) atoms. The van der Waals surface area contributed by atoms with Gasteiger partial charge in [0.25, 0.3) is 0 Å². The summed E-state index contributed by atoms with van der Waals surface area (Å²) in [7, 11) is 0. The van der Waals surface area contributed by atoms with Gasteiger partial charge in [-0.1, -0.05) is 18.2 Å². The van der Waals surface area contributed by atoms with E-state index in [1.165, 1.54) is 6.07 Å². The smallest absolute Gasteiger partial charge is 0.387 e. The number of alkyl halides is 2. The molecule has 0 aliphatic carbocycles. The fraction of sp³-hybridized carbons (Fsp3) is 0.333. The highest BCUT2D eigenvalue weighted by Crippen LogP contribution is 2.36. The maximum absolute atomic E-state index is 11.9. The van der Waals surface area contributed by atoms with E-state index in [1.54, 1.807) is 18.2 Å². The normalized spacial score (nSPS) is 20.4. The number of epoxide rings is 1. The Labute approximate surface area is 74.1 Å². The first-order chi connectivity index (χ1) is 6.27. The summed E-state index contributed by atoms with van der Waals surface area (Å²) in [5.41, 5.74) is 0.697. The highest BCUT2D eigenvalue weighted by atomic mass is 19.3. The van der Waals surface area contributed by atoms with Crippen molar-refractivity contribution >= 4 is 0 Å². The maximum Gasteiger partial charge on any atom is 0.387 e. The van der Waals surface area contributed by atoms with Crippen molar-refractivity contribution in [2.24, 2.45) is 0 Å². The predicted octanol–water partition coefficient (Wildman–Crippen LogP) is 2.36. The lowest BCUT2D eigenvalue weighted by molar-refractivity contribution is -0.0506. The Balaban J connectivity index is 2.21. The molecule has 0 radical (unpaired) electrons. The molecule has 1 unspecified atom stereocenters. The van der Waals surface area contributed by atoms with Crippen molar-refractivity contribution < 1.29 is 18.3 Å². The van der Waals surface area contributed by atoms with Gasteiger partial charge >= 0.3 is 6.61 Å². The van der Waals surface area contributed by atoms with Gasteiger partial charge in [0.05, 0.1) is 6.61 Å². The van der Waals surface area contributed by atoms with E-state index in [1.807, 2.05) is 0 Å². The third kappa shape index (κ3) is 1.95. The van der Waals surface area contributed by atoms with Crippen molar-refractivity contribution in [2.75, 3.05) is 6.61 Å². The molecular weight excluding hydrogens is 178 g/mol. The summed E-state index contributed by atoms with van der Waals surface area (Å²) in [6, 6.07) is 6.68. The molecule has 70 valence electrons. The molecule has 0 saturated carbocycles. The third-order valence-corrected chi connectivity index (χ3v) is 1.82. The molecule has 1 aliphatic heterocycles. The minimum Gasteiger partial charge on any atom is -0.434 e. The van der Waals surface area contributed by atoms with E-state index in [2.05, 4.69) is 4.74 Å². The van der Waals surface area contributed by atoms with Crippen molar-refractivity contribution in [2.45, 2.75) is 12.7 Å². The van der Waals surface area contributed by atoms with Gasteiger partial charge in [0, 0.05) is 5.56 Å². The van der Waals surface area contributed by atoms with Crippen LogP contribution >= 0.6 is 0 Å². The number of ether oxygens (including phenoxy) is 2. The van der Waals surface area contributed by atoms with E-state index >= 15 is 0 Å². The van der Waals surface area contributed by atoms with E-state index in [4.69, 9.17) is 4.74 Å². The Kier molecular flexibility index (Phi) is 2.14. The van der Waals surface area contributed by atoms with Crippen LogP contribution in [0.1, 0.15) is 11.7 Å². The number of hydrogen-bond acceptors (Lipinski definition) is 2. The van der Waals surface area contributed by atoms with Crippen LogP contribution in [0.2, 0.25) is 0 Å². The number of benzene rings is 1. The zero-order valence-electron chi connectivity index (χ0n) is 6.74. The van der Waals surface area contributed by atoms with Crippen LogP contribution in [-0.2, 0) is 4.74 Å². The van der Waals surface area contributed by atoms with Crippen molar-refractivity contribution in [3.63, 3.8) is 0 Å². The van der Waals surface area contributed by atoms with Gasteiger partial charge in [0.1, 0.15) is 11.9 Å². The van der Waals surface area contributed by atoms with E-state index in [0.717, 1.165) is 0 Å². The van der Waals surface area contributed by atoms with E-state index in [9.17, 15) is 8.78 Å². The van der Waals surface area contributed by atoms with E-state index in [0.29, 0.717) is 12.2 Å². The topological polar surface area (TPSA) is 21.8 Å². The lowest BCUT2D eigenvalue weighted by Gasteiger charge is -2.07. The minimum atomic E-state index is -2.78. The van der Waals surface area contributed by atoms with Crippen molar-refractivity contribution in [3.8, 4) is 5.75 Å². The van der Waals surface area contributed by atoms with Gasteiger partial charge in [0.15, 0.2) is 0 Å². The number of rotatable bonds is 3. The molecule has 4 heteroatoms. The second-order valence-electron chi connectivity index (χ2n) is 2.74. The first-order valence-corrected chi connectivity index (χ1v) is 3.92. The summed E-state index contributed by atoms with van der Waals surface area (Å²) in [5, 5.41) is 0. The molecule has 0 aromatic heterocycles. The van der Waals surface area contributed by atoms with Crippen molar-refractivity contribution in [3.05, 3.63) is 29.8 Å². The van der Waals surface area contributed by atoms with Gasteiger partial charge in [0.2, 0.25) is 0 Å². The Bertz CT molecular complexity index is 297. The molecule has 0 N–H and O–H groups in total. The fourth-order valence-electron chi connectivity index (χ4n) is 1.18. The standard InChI is InChI=1S/C9H8F2O2/c10-9(11)13-7-4-2-1-3-6(7)8-5-12-8/h1-4,8-9H,5H2. The van der Waals surface area contributed by atoms with Crippen LogP contribution in [-0.4, -0.2) is 13.2 Å². The van der Waals surface area contributed by atoms with Crippen LogP contribution in [0.15, 0.2) is 24.3 Å². The van der Waals surface area contributed by atoms with Crippen LogP contribution in [0.25, 0.3) is 0 Å². The monoisotopic (exact) mass is 186 g/mol. The maximum atomic E-state index is 11.9. The lowest BCUT2D eigenvalue weighted by Crippen LogP contribution is -2.03. The second-order valence-corrected chi connectivity index (χ2v) is 2.74. The molecule has 1 fully saturated rings. The summed E-state index contributed by atoms with van der Waals surface area (Å²) in [6.45, 7) is -2.19.